The zero-order chi connectivity index (χ0) is 12.2. The standard InChI is InChI=1S/C10H17NO4/c1-7(2)10(14)15-8(3)11(4,5)6-9(12)13/h8H,1,6H2,2-5H3/p+1. The maximum Gasteiger partial charge on any atom is 0.359 e. The van der Waals surface area contributed by atoms with E-state index in [0.29, 0.717) is 5.57 Å². The van der Waals surface area contributed by atoms with Crippen molar-refractivity contribution in [2.24, 2.45) is 0 Å². The Hall–Kier alpha value is -1.36. The minimum Gasteiger partial charge on any atom is -0.477 e. The average Bonchev–Trinajstić information content (AvgIpc) is 2.01. The Morgan fingerprint density at radius 1 is 1.47 bits per heavy atom. The predicted molar refractivity (Wildman–Crippen MR) is 55.0 cm³/mol. The van der Waals surface area contributed by atoms with E-state index in [-0.39, 0.29) is 11.0 Å². The van der Waals surface area contributed by atoms with Crippen LogP contribution in [0.1, 0.15) is 13.8 Å². The first-order valence-electron chi connectivity index (χ1n) is 4.57. The van der Waals surface area contributed by atoms with Crippen molar-refractivity contribution in [2.45, 2.75) is 20.1 Å². The molecule has 0 aromatic rings. The van der Waals surface area contributed by atoms with Crippen LogP contribution in [-0.4, -0.2) is 48.4 Å². The quantitative estimate of drug-likeness (QED) is 0.316. The zero-order valence-electron chi connectivity index (χ0n) is 9.61. The van der Waals surface area contributed by atoms with Gasteiger partial charge in [-0.1, -0.05) is 6.58 Å². The zero-order valence-corrected chi connectivity index (χ0v) is 9.61. The smallest absolute Gasteiger partial charge is 0.359 e. The molecule has 0 saturated heterocycles. The van der Waals surface area contributed by atoms with Crippen molar-refractivity contribution in [3.63, 3.8) is 0 Å². The average molecular weight is 216 g/mol. The first-order chi connectivity index (χ1) is 6.66. The van der Waals surface area contributed by atoms with E-state index >= 15 is 0 Å². The van der Waals surface area contributed by atoms with E-state index in [1.165, 1.54) is 0 Å². The van der Waals surface area contributed by atoms with Gasteiger partial charge in [0.1, 0.15) is 0 Å². The highest BCUT2D eigenvalue weighted by atomic mass is 16.6. The highest BCUT2D eigenvalue weighted by molar-refractivity contribution is 5.86. The Morgan fingerprint density at radius 2 is 1.93 bits per heavy atom. The van der Waals surface area contributed by atoms with E-state index in [1.54, 1.807) is 27.9 Å². The lowest BCUT2D eigenvalue weighted by molar-refractivity contribution is -0.925. The summed E-state index contributed by atoms with van der Waals surface area (Å²) in [5.41, 5.74) is 0.303. The molecule has 0 radical (unpaired) electrons. The number of carbonyl (C=O) groups excluding carboxylic acids is 1. The number of nitrogens with zero attached hydrogens (tertiary/aromatic N) is 1. The molecule has 0 amide bonds. The summed E-state index contributed by atoms with van der Waals surface area (Å²) < 4.78 is 5.13. The maximum absolute atomic E-state index is 11.2. The Kier molecular flexibility index (Phi) is 4.48. The number of hydrogen-bond acceptors (Lipinski definition) is 3. The number of quaternary nitrogens is 1. The molecule has 0 aliphatic carbocycles. The molecule has 0 rings (SSSR count). The molecule has 5 heteroatoms. The molecule has 86 valence electrons. The van der Waals surface area contributed by atoms with Gasteiger partial charge in [-0.25, -0.2) is 9.59 Å². The van der Waals surface area contributed by atoms with Crippen LogP contribution in [0.2, 0.25) is 0 Å². The van der Waals surface area contributed by atoms with Crippen LogP contribution in [0.3, 0.4) is 0 Å². The molecular formula is C10H18NO4+. The van der Waals surface area contributed by atoms with Gasteiger partial charge < -0.3 is 9.84 Å². The molecule has 0 aliphatic heterocycles. The third kappa shape index (κ3) is 4.60. The Balaban J connectivity index is 4.42. The second-order valence-electron chi connectivity index (χ2n) is 4.12. The normalized spacial score (nSPS) is 13.1. The molecule has 0 spiro atoms. The summed E-state index contributed by atoms with van der Waals surface area (Å²) in [6, 6.07) is 0. The molecule has 1 atom stereocenters. The highest BCUT2D eigenvalue weighted by Gasteiger charge is 2.29. The number of carboxylic acid groups (broad SMARTS) is 1. The van der Waals surface area contributed by atoms with Gasteiger partial charge in [0, 0.05) is 12.5 Å². The van der Waals surface area contributed by atoms with E-state index in [1.807, 2.05) is 0 Å². The third-order valence-electron chi connectivity index (χ3n) is 2.15. The first kappa shape index (κ1) is 13.6. The summed E-state index contributed by atoms with van der Waals surface area (Å²) in [5.74, 6) is -1.43. The summed E-state index contributed by atoms with van der Waals surface area (Å²) in [7, 11) is 3.37. The number of carboxylic acids is 1. The molecule has 0 aromatic carbocycles. The van der Waals surface area contributed by atoms with E-state index in [2.05, 4.69) is 6.58 Å². The van der Waals surface area contributed by atoms with E-state index in [9.17, 15) is 9.59 Å². The fraction of sp³-hybridized carbons (Fsp3) is 0.600. The predicted octanol–water partition coefficient (Wildman–Crippen LogP) is 0.613. The molecule has 1 N–H and O–H groups in total. The molecule has 15 heavy (non-hydrogen) atoms. The van der Waals surface area contributed by atoms with Crippen molar-refractivity contribution in [3.8, 4) is 0 Å². The maximum atomic E-state index is 11.2. The lowest BCUT2D eigenvalue weighted by atomic mass is 10.3. The van der Waals surface area contributed by atoms with Crippen LogP contribution in [0.4, 0.5) is 0 Å². The minimum absolute atomic E-state index is 0.0777. The summed E-state index contributed by atoms with van der Waals surface area (Å²) in [6.45, 7) is 6.55. The van der Waals surface area contributed by atoms with E-state index in [0.717, 1.165) is 0 Å². The van der Waals surface area contributed by atoms with Gasteiger partial charge >= 0.3 is 11.9 Å². The molecule has 0 bridgehead atoms. The Bertz CT molecular complexity index is 283. The van der Waals surface area contributed by atoms with E-state index in [4.69, 9.17) is 9.84 Å². The molecule has 1 unspecified atom stereocenters. The van der Waals surface area contributed by atoms with Gasteiger partial charge in [0.05, 0.1) is 14.1 Å². The van der Waals surface area contributed by atoms with Gasteiger partial charge in [-0.05, 0) is 6.92 Å². The van der Waals surface area contributed by atoms with Gasteiger partial charge in [-0.2, -0.15) is 0 Å². The lowest BCUT2D eigenvalue weighted by Gasteiger charge is -2.33. The van der Waals surface area contributed by atoms with Gasteiger partial charge in [0.2, 0.25) is 6.23 Å². The van der Waals surface area contributed by atoms with E-state index < -0.39 is 18.2 Å². The molecule has 0 heterocycles. The molecular weight excluding hydrogens is 198 g/mol. The Labute approximate surface area is 89.5 Å². The van der Waals surface area contributed by atoms with Gasteiger partial charge in [-0.15, -0.1) is 0 Å². The molecule has 5 nitrogen and oxygen atoms in total. The number of likely N-dealkylation sites (N-methyl/N-ethyl adjacent to an activating group) is 1. The van der Waals surface area contributed by atoms with Crippen molar-refractivity contribution in [3.05, 3.63) is 12.2 Å². The monoisotopic (exact) mass is 216 g/mol. The lowest BCUT2D eigenvalue weighted by Crippen LogP contribution is -2.52. The van der Waals surface area contributed by atoms with Crippen LogP contribution in [0.25, 0.3) is 0 Å². The summed E-state index contributed by atoms with van der Waals surface area (Å²) in [5, 5.41) is 8.67. The topological polar surface area (TPSA) is 63.6 Å². The van der Waals surface area contributed by atoms with Gasteiger partial charge in [0.25, 0.3) is 0 Å². The largest absolute Gasteiger partial charge is 0.477 e. The number of carbonyl (C=O) groups is 2. The summed E-state index contributed by atoms with van der Waals surface area (Å²) >= 11 is 0. The van der Waals surface area contributed by atoms with Crippen molar-refractivity contribution in [1.29, 1.82) is 0 Å². The van der Waals surface area contributed by atoms with Crippen LogP contribution < -0.4 is 0 Å². The molecule has 0 fully saturated rings. The second kappa shape index (κ2) is 4.93. The number of esters is 1. The number of hydrogen-bond donors (Lipinski definition) is 1. The summed E-state index contributed by atoms with van der Waals surface area (Å²) in [4.78, 5) is 21.8. The summed E-state index contributed by atoms with van der Waals surface area (Å²) in [6.07, 6.45) is -0.523. The number of rotatable bonds is 5. The van der Waals surface area contributed by atoms with Crippen LogP contribution in [0, 0.1) is 0 Å². The van der Waals surface area contributed by atoms with Gasteiger partial charge in [-0.3, -0.25) is 4.48 Å². The molecule has 0 saturated carbocycles. The van der Waals surface area contributed by atoms with Crippen molar-refractivity contribution in [1.82, 2.24) is 0 Å². The van der Waals surface area contributed by atoms with Crippen LogP contribution in [0.15, 0.2) is 12.2 Å². The fourth-order valence-corrected chi connectivity index (χ4v) is 0.875. The van der Waals surface area contributed by atoms with Crippen LogP contribution in [-0.2, 0) is 14.3 Å². The van der Waals surface area contributed by atoms with Crippen molar-refractivity contribution < 1.29 is 23.9 Å². The fourth-order valence-electron chi connectivity index (χ4n) is 0.875. The van der Waals surface area contributed by atoms with Gasteiger partial charge in [0.15, 0.2) is 6.54 Å². The third-order valence-corrected chi connectivity index (χ3v) is 2.15. The van der Waals surface area contributed by atoms with Crippen molar-refractivity contribution in [2.75, 3.05) is 20.6 Å². The second-order valence-corrected chi connectivity index (χ2v) is 4.12. The van der Waals surface area contributed by atoms with Crippen molar-refractivity contribution >= 4 is 11.9 Å². The SMILES string of the molecule is C=C(C)C(=O)OC(C)[N+](C)(C)CC(=O)O. The van der Waals surface area contributed by atoms with Crippen LogP contribution >= 0.6 is 0 Å². The number of aliphatic carboxylic acids is 1. The number of ether oxygens (including phenoxy) is 1. The molecule has 0 aliphatic rings. The first-order valence-corrected chi connectivity index (χ1v) is 4.57. The highest BCUT2D eigenvalue weighted by Crippen LogP contribution is 2.09. The Morgan fingerprint density at radius 3 is 2.27 bits per heavy atom. The minimum atomic E-state index is -0.932. The molecule has 0 aromatic heterocycles. The van der Waals surface area contributed by atoms with Crippen LogP contribution in [0.5, 0.6) is 0 Å².